The molecule has 0 spiro atoms. The summed E-state index contributed by atoms with van der Waals surface area (Å²) >= 11 is 3.62. The molecule has 1 atom stereocenters. The SMILES string of the molecule is COc1ccc(-c2cc3ncccc3c(NCC3CC(Br)=CCCO3)n2)cc1OC. The van der Waals surface area contributed by atoms with Crippen LogP contribution in [0.15, 0.2) is 53.2 Å². The molecule has 156 valence electrons. The van der Waals surface area contributed by atoms with Gasteiger partial charge in [-0.1, -0.05) is 22.0 Å². The van der Waals surface area contributed by atoms with E-state index < -0.39 is 0 Å². The number of benzene rings is 1. The van der Waals surface area contributed by atoms with Crippen molar-refractivity contribution < 1.29 is 14.2 Å². The number of fused-ring (bicyclic) bond motifs is 1. The van der Waals surface area contributed by atoms with Gasteiger partial charge >= 0.3 is 0 Å². The van der Waals surface area contributed by atoms with Crippen LogP contribution in [0.2, 0.25) is 0 Å². The summed E-state index contributed by atoms with van der Waals surface area (Å²) < 4.78 is 18.0. The fourth-order valence-corrected chi connectivity index (χ4v) is 4.10. The zero-order valence-corrected chi connectivity index (χ0v) is 18.6. The van der Waals surface area contributed by atoms with Gasteiger partial charge in [0.05, 0.1) is 38.1 Å². The minimum atomic E-state index is 0.0800. The number of halogens is 1. The van der Waals surface area contributed by atoms with Crippen LogP contribution in [-0.4, -0.2) is 43.4 Å². The van der Waals surface area contributed by atoms with Crippen LogP contribution in [0.1, 0.15) is 12.8 Å². The zero-order valence-electron chi connectivity index (χ0n) is 17.0. The fraction of sp³-hybridized carbons (Fsp3) is 0.304. The molecule has 1 N–H and O–H groups in total. The van der Waals surface area contributed by atoms with Crippen LogP contribution < -0.4 is 14.8 Å². The van der Waals surface area contributed by atoms with Crippen LogP contribution in [0.5, 0.6) is 11.5 Å². The first-order valence-corrected chi connectivity index (χ1v) is 10.7. The molecule has 0 aliphatic carbocycles. The smallest absolute Gasteiger partial charge is 0.161 e. The molecule has 0 radical (unpaired) electrons. The van der Waals surface area contributed by atoms with Gasteiger partial charge in [0.1, 0.15) is 5.82 Å². The third-order valence-electron chi connectivity index (χ3n) is 5.04. The van der Waals surface area contributed by atoms with Gasteiger partial charge in [-0.25, -0.2) is 4.98 Å². The number of rotatable bonds is 6. The third kappa shape index (κ3) is 4.57. The first-order valence-electron chi connectivity index (χ1n) is 9.86. The quantitative estimate of drug-likeness (QED) is 0.536. The minimum absolute atomic E-state index is 0.0800. The molecule has 3 aromatic rings. The predicted octanol–water partition coefficient (Wildman–Crippen LogP) is 5.18. The second-order valence-corrected chi connectivity index (χ2v) is 8.03. The number of ether oxygens (including phenoxy) is 3. The highest BCUT2D eigenvalue weighted by molar-refractivity contribution is 9.11. The Hall–Kier alpha value is -2.64. The normalized spacial score (nSPS) is 16.6. The molecular formula is C23H24BrN3O3. The monoisotopic (exact) mass is 469 g/mol. The molecule has 1 aliphatic heterocycles. The lowest BCUT2D eigenvalue weighted by atomic mass is 10.1. The largest absolute Gasteiger partial charge is 0.493 e. The Morgan fingerprint density at radius 3 is 2.87 bits per heavy atom. The summed E-state index contributed by atoms with van der Waals surface area (Å²) in [6.45, 7) is 1.39. The molecule has 30 heavy (non-hydrogen) atoms. The molecule has 1 aromatic carbocycles. The maximum atomic E-state index is 5.96. The molecule has 6 nitrogen and oxygen atoms in total. The van der Waals surface area contributed by atoms with Gasteiger partial charge in [0, 0.05) is 30.1 Å². The van der Waals surface area contributed by atoms with E-state index in [4.69, 9.17) is 19.2 Å². The summed E-state index contributed by atoms with van der Waals surface area (Å²) in [5.41, 5.74) is 2.62. The number of hydrogen-bond donors (Lipinski definition) is 1. The zero-order chi connectivity index (χ0) is 20.9. The summed E-state index contributed by atoms with van der Waals surface area (Å²) in [6.07, 6.45) is 5.82. The lowest BCUT2D eigenvalue weighted by Gasteiger charge is -2.18. The Morgan fingerprint density at radius 2 is 2.03 bits per heavy atom. The van der Waals surface area contributed by atoms with Crippen molar-refractivity contribution in [3.63, 3.8) is 0 Å². The standard InChI is InChI=1S/C23H24BrN3O3/c1-28-21-8-7-15(11-22(21)29-2)19-13-20-18(6-3-9-25-20)23(27-19)26-14-17-12-16(24)5-4-10-30-17/h3,5-9,11,13,17H,4,10,12,14H2,1-2H3,(H,26,27). The Kier molecular flexibility index (Phi) is 6.50. The molecule has 3 heterocycles. The van der Waals surface area contributed by atoms with E-state index in [2.05, 4.69) is 32.3 Å². The summed E-state index contributed by atoms with van der Waals surface area (Å²) in [7, 11) is 3.25. The molecular weight excluding hydrogens is 446 g/mol. The van der Waals surface area contributed by atoms with Crippen molar-refractivity contribution in [2.45, 2.75) is 18.9 Å². The molecule has 4 rings (SSSR count). The van der Waals surface area contributed by atoms with Crippen LogP contribution in [0.3, 0.4) is 0 Å². The Bertz CT molecular complexity index is 1070. The van der Waals surface area contributed by atoms with Crippen molar-refractivity contribution in [3.8, 4) is 22.8 Å². The lowest BCUT2D eigenvalue weighted by molar-refractivity contribution is 0.0712. The van der Waals surface area contributed by atoms with Crippen molar-refractivity contribution in [1.82, 2.24) is 9.97 Å². The highest BCUT2D eigenvalue weighted by atomic mass is 79.9. The highest BCUT2D eigenvalue weighted by Gasteiger charge is 2.16. The summed E-state index contributed by atoms with van der Waals surface area (Å²) in [5, 5.41) is 4.46. The molecule has 0 saturated heterocycles. The van der Waals surface area contributed by atoms with Crippen molar-refractivity contribution in [1.29, 1.82) is 0 Å². The Morgan fingerprint density at radius 1 is 1.17 bits per heavy atom. The number of nitrogens with zero attached hydrogens (tertiary/aromatic N) is 2. The average Bonchev–Trinajstić information content (AvgIpc) is 3.00. The van der Waals surface area contributed by atoms with E-state index in [1.807, 2.05) is 36.4 Å². The molecule has 1 unspecified atom stereocenters. The van der Waals surface area contributed by atoms with Gasteiger partial charge < -0.3 is 19.5 Å². The summed E-state index contributed by atoms with van der Waals surface area (Å²) in [5.74, 6) is 2.14. The first-order chi connectivity index (χ1) is 14.7. The molecule has 0 bridgehead atoms. The summed E-state index contributed by atoms with van der Waals surface area (Å²) in [6, 6.07) is 11.7. The predicted molar refractivity (Wildman–Crippen MR) is 123 cm³/mol. The van der Waals surface area contributed by atoms with Crippen molar-refractivity contribution in [2.75, 3.05) is 32.7 Å². The van der Waals surface area contributed by atoms with Gasteiger partial charge in [-0.2, -0.15) is 0 Å². The van der Waals surface area contributed by atoms with Gasteiger partial charge in [-0.15, -0.1) is 0 Å². The van der Waals surface area contributed by atoms with Gasteiger partial charge in [0.2, 0.25) is 0 Å². The Labute approximate surface area is 184 Å². The van der Waals surface area contributed by atoms with E-state index in [0.29, 0.717) is 18.0 Å². The fourth-order valence-electron chi connectivity index (χ4n) is 3.51. The van der Waals surface area contributed by atoms with Crippen molar-refractivity contribution in [2.24, 2.45) is 0 Å². The average molecular weight is 470 g/mol. The number of nitrogens with one attached hydrogen (secondary N) is 1. The number of pyridine rings is 2. The van der Waals surface area contributed by atoms with Crippen molar-refractivity contribution in [3.05, 3.63) is 53.2 Å². The summed E-state index contributed by atoms with van der Waals surface area (Å²) in [4.78, 5) is 9.44. The van der Waals surface area contributed by atoms with E-state index in [1.165, 1.54) is 4.48 Å². The Balaban J connectivity index is 1.67. The van der Waals surface area contributed by atoms with Crippen LogP contribution in [0, 0.1) is 0 Å². The van der Waals surface area contributed by atoms with Gasteiger partial charge in [0.25, 0.3) is 0 Å². The van der Waals surface area contributed by atoms with Crippen LogP contribution in [-0.2, 0) is 4.74 Å². The number of aromatic nitrogens is 2. The van der Waals surface area contributed by atoms with Gasteiger partial charge in [-0.05, 0) is 47.3 Å². The number of hydrogen-bond acceptors (Lipinski definition) is 6. The van der Waals surface area contributed by atoms with E-state index in [9.17, 15) is 0 Å². The number of methoxy groups -OCH3 is 2. The second kappa shape index (κ2) is 9.45. The van der Waals surface area contributed by atoms with Crippen LogP contribution >= 0.6 is 15.9 Å². The second-order valence-electron chi connectivity index (χ2n) is 7.01. The lowest BCUT2D eigenvalue weighted by Crippen LogP contribution is -2.23. The van der Waals surface area contributed by atoms with Crippen molar-refractivity contribution >= 4 is 32.7 Å². The molecule has 2 aromatic heterocycles. The molecule has 7 heteroatoms. The topological polar surface area (TPSA) is 65.5 Å². The van der Waals surface area contributed by atoms with Gasteiger partial charge in [-0.3, -0.25) is 4.98 Å². The molecule has 0 amide bonds. The molecule has 1 aliphatic rings. The minimum Gasteiger partial charge on any atom is -0.493 e. The van der Waals surface area contributed by atoms with E-state index in [-0.39, 0.29) is 6.10 Å². The maximum Gasteiger partial charge on any atom is 0.161 e. The molecule has 0 saturated carbocycles. The first kappa shape index (κ1) is 20.6. The third-order valence-corrected chi connectivity index (χ3v) is 5.68. The highest BCUT2D eigenvalue weighted by Crippen LogP contribution is 2.33. The van der Waals surface area contributed by atoms with E-state index >= 15 is 0 Å². The molecule has 0 fully saturated rings. The van der Waals surface area contributed by atoms with E-state index in [1.54, 1.807) is 20.4 Å². The van der Waals surface area contributed by atoms with Crippen LogP contribution in [0.25, 0.3) is 22.2 Å². The van der Waals surface area contributed by atoms with Crippen LogP contribution in [0.4, 0.5) is 5.82 Å². The van der Waals surface area contributed by atoms with Gasteiger partial charge in [0.15, 0.2) is 11.5 Å². The maximum absolute atomic E-state index is 5.96. The van der Waals surface area contributed by atoms with E-state index in [0.717, 1.165) is 47.4 Å². The number of anilines is 1.